The van der Waals surface area contributed by atoms with E-state index in [1.807, 2.05) is 6.92 Å². The molecule has 0 spiro atoms. The largest absolute Gasteiger partial charge is 0.546 e. The minimum absolute atomic E-state index is 0.424. The molecule has 1 aromatic carbocycles. The SMILES string of the molecule is Cc1cc(S)ccc1OCC(=O)[O-]. The Bertz CT molecular complexity index is 323. The molecule has 1 aromatic rings. The molecule has 0 fully saturated rings. The van der Waals surface area contributed by atoms with Gasteiger partial charge in [-0.2, -0.15) is 0 Å². The highest BCUT2D eigenvalue weighted by atomic mass is 32.1. The number of aliphatic carboxylic acids is 1. The topological polar surface area (TPSA) is 49.4 Å². The van der Waals surface area contributed by atoms with E-state index in [2.05, 4.69) is 12.6 Å². The number of carbonyl (C=O) groups is 1. The van der Waals surface area contributed by atoms with Gasteiger partial charge in [0.15, 0.2) is 0 Å². The number of hydrogen-bond donors (Lipinski definition) is 1. The summed E-state index contributed by atoms with van der Waals surface area (Å²) in [5.41, 5.74) is 0.855. The van der Waals surface area contributed by atoms with Crippen molar-refractivity contribution < 1.29 is 14.6 Å². The van der Waals surface area contributed by atoms with Crippen LogP contribution in [0.3, 0.4) is 0 Å². The number of hydrogen-bond acceptors (Lipinski definition) is 4. The summed E-state index contributed by atoms with van der Waals surface area (Å²) < 4.78 is 4.96. The molecule has 1 rings (SSSR count). The quantitative estimate of drug-likeness (QED) is 0.714. The minimum Gasteiger partial charge on any atom is -0.546 e. The molecule has 0 aromatic heterocycles. The fourth-order valence-electron chi connectivity index (χ4n) is 0.932. The monoisotopic (exact) mass is 197 g/mol. The van der Waals surface area contributed by atoms with Crippen LogP contribution in [0.2, 0.25) is 0 Å². The van der Waals surface area contributed by atoms with Crippen LogP contribution in [0.1, 0.15) is 5.56 Å². The van der Waals surface area contributed by atoms with Gasteiger partial charge in [-0.1, -0.05) is 0 Å². The average molecular weight is 197 g/mol. The van der Waals surface area contributed by atoms with Crippen LogP contribution in [-0.4, -0.2) is 12.6 Å². The van der Waals surface area contributed by atoms with E-state index in [0.717, 1.165) is 10.5 Å². The minimum atomic E-state index is -1.23. The van der Waals surface area contributed by atoms with Gasteiger partial charge in [0.25, 0.3) is 0 Å². The predicted octanol–water partition coefficient (Wildman–Crippen LogP) is 0.412. The first-order valence-electron chi connectivity index (χ1n) is 3.72. The van der Waals surface area contributed by atoms with Crippen LogP contribution in [0, 0.1) is 6.92 Å². The van der Waals surface area contributed by atoms with Gasteiger partial charge in [0.05, 0.1) is 5.97 Å². The number of rotatable bonds is 3. The summed E-state index contributed by atoms with van der Waals surface area (Å²) in [6.07, 6.45) is 0. The first-order chi connectivity index (χ1) is 6.09. The van der Waals surface area contributed by atoms with E-state index in [4.69, 9.17) is 4.74 Å². The number of carbonyl (C=O) groups excluding carboxylic acids is 1. The third-order valence-corrected chi connectivity index (χ3v) is 1.78. The normalized spacial score (nSPS) is 9.69. The van der Waals surface area contributed by atoms with Gasteiger partial charge in [-0.3, -0.25) is 0 Å². The second-order valence-corrected chi connectivity index (χ2v) is 3.13. The Hall–Kier alpha value is -1.16. The van der Waals surface area contributed by atoms with Crippen molar-refractivity contribution in [1.82, 2.24) is 0 Å². The summed E-state index contributed by atoms with van der Waals surface area (Å²) >= 11 is 4.13. The lowest BCUT2D eigenvalue weighted by atomic mass is 10.2. The lowest BCUT2D eigenvalue weighted by Crippen LogP contribution is -2.29. The molecule has 0 aliphatic heterocycles. The molecule has 0 saturated carbocycles. The lowest BCUT2D eigenvalue weighted by molar-refractivity contribution is -0.307. The molecule has 0 saturated heterocycles. The van der Waals surface area contributed by atoms with Crippen LogP contribution >= 0.6 is 12.6 Å². The summed E-state index contributed by atoms with van der Waals surface area (Å²) in [6, 6.07) is 5.22. The molecule has 3 nitrogen and oxygen atoms in total. The summed E-state index contributed by atoms with van der Waals surface area (Å²) in [5, 5.41) is 10.1. The van der Waals surface area contributed by atoms with Crippen LogP contribution in [0.15, 0.2) is 23.1 Å². The molecule has 0 N–H and O–H groups in total. The smallest absolute Gasteiger partial charge is 0.128 e. The Morgan fingerprint density at radius 1 is 1.62 bits per heavy atom. The van der Waals surface area contributed by atoms with Gasteiger partial charge in [-0.05, 0) is 30.7 Å². The molecule has 70 valence electrons. The Morgan fingerprint density at radius 3 is 2.85 bits per heavy atom. The summed E-state index contributed by atoms with van der Waals surface area (Å²) in [4.78, 5) is 10.9. The van der Waals surface area contributed by atoms with Crippen LogP contribution in [0.4, 0.5) is 0 Å². The first-order valence-corrected chi connectivity index (χ1v) is 4.16. The zero-order chi connectivity index (χ0) is 9.84. The van der Waals surface area contributed by atoms with Crippen LogP contribution in [0.5, 0.6) is 5.75 Å². The standard InChI is InChI=1S/C9H10O3S/c1-6-4-7(13)2-3-8(6)12-5-9(10)11/h2-4,13H,5H2,1H3,(H,10,11)/p-1. The van der Waals surface area contributed by atoms with Gasteiger partial charge in [-0.15, -0.1) is 12.6 Å². The van der Waals surface area contributed by atoms with E-state index in [0.29, 0.717) is 5.75 Å². The van der Waals surface area contributed by atoms with Gasteiger partial charge >= 0.3 is 0 Å². The number of thiol groups is 1. The highest BCUT2D eigenvalue weighted by Crippen LogP contribution is 2.20. The molecule has 0 aliphatic carbocycles. The third-order valence-electron chi connectivity index (χ3n) is 1.50. The maximum Gasteiger partial charge on any atom is 0.128 e. The van der Waals surface area contributed by atoms with Crippen molar-refractivity contribution >= 4 is 18.6 Å². The number of aryl methyl sites for hydroxylation is 1. The molecule has 0 heterocycles. The molecule has 0 radical (unpaired) electrons. The summed E-state index contributed by atoms with van der Waals surface area (Å²) in [5.74, 6) is -0.684. The van der Waals surface area contributed by atoms with Gasteiger partial charge in [-0.25, -0.2) is 0 Å². The van der Waals surface area contributed by atoms with E-state index >= 15 is 0 Å². The first kappa shape index (κ1) is 9.92. The molecule has 0 bridgehead atoms. The maximum atomic E-state index is 10.1. The van der Waals surface area contributed by atoms with Crippen molar-refractivity contribution in [2.24, 2.45) is 0 Å². The number of carboxylic acids is 1. The summed E-state index contributed by atoms with van der Waals surface area (Å²) in [7, 11) is 0. The number of carboxylic acid groups (broad SMARTS) is 1. The molecule has 0 amide bonds. The van der Waals surface area contributed by atoms with Gasteiger partial charge < -0.3 is 14.6 Å². The zero-order valence-corrected chi connectivity index (χ0v) is 8.01. The fourth-order valence-corrected chi connectivity index (χ4v) is 1.20. The van der Waals surface area contributed by atoms with E-state index in [9.17, 15) is 9.90 Å². The molecule has 0 atom stereocenters. The van der Waals surface area contributed by atoms with Crippen LogP contribution in [0.25, 0.3) is 0 Å². The number of ether oxygens (including phenoxy) is 1. The predicted molar refractivity (Wildman–Crippen MR) is 48.9 cm³/mol. The van der Waals surface area contributed by atoms with Crippen LogP contribution in [-0.2, 0) is 4.79 Å². The molecule has 0 unspecified atom stereocenters. The highest BCUT2D eigenvalue weighted by Gasteiger charge is 1.98. The van der Waals surface area contributed by atoms with E-state index < -0.39 is 12.6 Å². The van der Waals surface area contributed by atoms with Crippen molar-refractivity contribution in [2.45, 2.75) is 11.8 Å². The molecule has 4 heteroatoms. The van der Waals surface area contributed by atoms with Crippen molar-refractivity contribution in [1.29, 1.82) is 0 Å². The van der Waals surface area contributed by atoms with E-state index in [1.54, 1.807) is 18.2 Å². The summed E-state index contributed by atoms with van der Waals surface area (Å²) in [6.45, 7) is 1.40. The molecule has 0 aliphatic rings. The molecular weight excluding hydrogens is 188 g/mol. The van der Waals surface area contributed by atoms with E-state index in [-0.39, 0.29) is 0 Å². The van der Waals surface area contributed by atoms with Crippen molar-refractivity contribution in [2.75, 3.05) is 6.61 Å². The Labute approximate surface area is 81.8 Å². The van der Waals surface area contributed by atoms with Gasteiger partial charge in [0.1, 0.15) is 12.4 Å². The van der Waals surface area contributed by atoms with Crippen molar-refractivity contribution in [3.63, 3.8) is 0 Å². The Balaban J connectivity index is 2.72. The van der Waals surface area contributed by atoms with Crippen LogP contribution < -0.4 is 9.84 Å². The van der Waals surface area contributed by atoms with Crippen molar-refractivity contribution in [3.8, 4) is 5.75 Å². The maximum absolute atomic E-state index is 10.1. The zero-order valence-electron chi connectivity index (χ0n) is 7.11. The second kappa shape index (κ2) is 4.18. The molecule has 13 heavy (non-hydrogen) atoms. The molecular formula is C9H9O3S-. The van der Waals surface area contributed by atoms with Gasteiger partial charge in [0, 0.05) is 4.90 Å². The highest BCUT2D eigenvalue weighted by molar-refractivity contribution is 7.80. The van der Waals surface area contributed by atoms with E-state index in [1.165, 1.54) is 0 Å². The fraction of sp³-hybridized carbons (Fsp3) is 0.222. The Morgan fingerprint density at radius 2 is 2.31 bits per heavy atom. The lowest BCUT2D eigenvalue weighted by Gasteiger charge is -2.09. The Kier molecular flexibility index (Phi) is 3.19. The van der Waals surface area contributed by atoms with Gasteiger partial charge in [0.2, 0.25) is 0 Å². The number of benzene rings is 1. The van der Waals surface area contributed by atoms with Crippen molar-refractivity contribution in [3.05, 3.63) is 23.8 Å². The third kappa shape index (κ3) is 2.99. The average Bonchev–Trinajstić information content (AvgIpc) is 2.02. The second-order valence-electron chi connectivity index (χ2n) is 2.61.